The Morgan fingerprint density at radius 3 is 2.33 bits per heavy atom. The molecule has 4 rings (SSSR count). The fourth-order valence-electron chi connectivity index (χ4n) is 2.76. The number of benzene rings is 3. The van der Waals surface area contributed by atoms with Crippen LogP contribution in [-0.2, 0) is 0 Å². The molecule has 0 saturated carbocycles. The van der Waals surface area contributed by atoms with Crippen molar-refractivity contribution >= 4 is 34.4 Å². The molecular weight excluding hydrogens is 410 g/mol. The van der Waals surface area contributed by atoms with Crippen molar-refractivity contribution in [1.82, 2.24) is 4.98 Å². The van der Waals surface area contributed by atoms with Crippen molar-refractivity contribution in [3.05, 3.63) is 89.8 Å². The van der Waals surface area contributed by atoms with Gasteiger partial charge in [0, 0.05) is 27.8 Å². The number of rotatable bonds is 7. The summed E-state index contributed by atoms with van der Waals surface area (Å²) in [6.45, 7) is 0. The number of ether oxygens (including phenoxy) is 1. The van der Waals surface area contributed by atoms with Crippen LogP contribution in [0.5, 0.6) is 5.75 Å². The predicted octanol–water partition coefficient (Wildman–Crippen LogP) is 6.44. The second-order valence-corrected chi connectivity index (χ2v) is 8.48. The Kier molecular flexibility index (Phi) is 6.47. The summed E-state index contributed by atoms with van der Waals surface area (Å²) in [5, 5.41) is 9.20. The Morgan fingerprint density at radius 1 is 0.933 bits per heavy atom. The monoisotopic (exact) mass is 431 g/mol. The molecule has 4 aromatic rings. The smallest absolute Gasteiger partial charge is 0.206 e. The molecular formula is C24H21N3OS2. The average molecular weight is 432 g/mol. The number of hydrogen-bond acceptors (Lipinski definition) is 6. The molecule has 1 heterocycles. The predicted molar refractivity (Wildman–Crippen MR) is 127 cm³/mol. The van der Waals surface area contributed by atoms with E-state index in [1.165, 1.54) is 9.79 Å². The van der Waals surface area contributed by atoms with E-state index in [4.69, 9.17) is 9.72 Å². The summed E-state index contributed by atoms with van der Waals surface area (Å²) >= 11 is 3.33. The first-order chi connectivity index (χ1) is 14.7. The molecule has 1 aromatic heterocycles. The van der Waals surface area contributed by atoms with Crippen molar-refractivity contribution in [2.75, 3.05) is 19.2 Å². The lowest BCUT2D eigenvalue weighted by Gasteiger charge is -2.08. The standard InChI is InChI=1S/C24H21N3OS2/c1-27(25-16-18-8-12-20(28-2)13-9-18)24-26-23(17-29-24)19-10-14-22(15-11-19)30-21-6-4-3-5-7-21/h3-17H,1-2H3/b25-16-. The van der Waals surface area contributed by atoms with E-state index < -0.39 is 0 Å². The van der Waals surface area contributed by atoms with E-state index in [1.54, 1.807) is 35.2 Å². The fraction of sp³-hybridized carbons (Fsp3) is 0.0833. The molecule has 0 aliphatic rings. The number of methoxy groups -OCH3 is 1. The van der Waals surface area contributed by atoms with Crippen molar-refractivity contribution in [1.29, 1.82) is 0 Å². The van der Waals surface area contributed by atoms with Crippen LogP contribution in [-0.4, -0.2) is 25.4 Å². The van der Waals surface area contributed by atoms with Gasteiger partial charge in [-0.25, -0.2) is 9.99 Å². The summed E-state index contributed by atoms with van der Waals surface area (Å²) in [5.74, 6) is 0.832. The maximum absolute atomic E-state index is 5.18. The molecule has 0 N–H and O–H groups in total. The van der Waals surface area contributed by atoms with Gasteiger partial charge in [0.2, 0.25) is 5.13 Å². The van der Waals surface area contributed by atoms with Crippen molar-refractivity contribution in [2.24, 2.45) is 5.10 Å². The summed E-state index contributed by atoms with van der Waals surface area (Å²) in [5.41, 5.74) is 3.06. The van der Waals surface area contributed by atoms with Crippen LogP contribution in [0, 0.1) is 0 Å². The molecule has 30 heavy (non-hydrogen) atoms. The van der Waals surface area contributed by atoms with Gasteiger partial charge in [0.15, 0.2) is 0 Å². The normalized spacial score (nSPS) is 11.0. The highest BCUT2D eigenvalue weighted by Crippen LogP contribution is 2.31. The van der Waals surface area contributed by atoms with Crippen molar-refractivity contribution < 1.29 is 4.74 Å². The van der Waals surface area contributed by atoms with E-state index >= 15 is 0 Å². The Bertz CT molecular complexity index is 1110. The summed E-state index contributed by atoms with van der Waals surface area (Å²) in [6, 6.07) is 26.7. The van der Waals surface area contributed by atoms with E-state index in [9.17, 15) is 0 Å². The van der Waals surface area contributed by atoms with E-state index in [1.807, 2.05) is 43.6 Å². The molecule has 0 spiro atoms. The number of hydrogen-bond donors (Lipinski definition) is 0. The molecule has 0 amide bonds. The van der Waals surface area contributed by atoms with Crippen molar-refractivity contribution in [3.8, 4) is 17.0 Å². The van der Waals surface area contributed by atoms with Gasteiger partial charge in [-0.15, -0.1) is 11.3 Å². The van der Waals surface area contributed by atoms with Crippen LogP contribution in [0.1, 0.15) is 5.56 Å². The third-order valence-electron chi connectivity index (χ3n) is 4.39. The number of nitrogens with zero attached hydrogens (tertiary/aromatic N) is 3. The Balaban J connectivity index is 1.42. The molecule has 0 unspecified atom stereocenters. The van der Waals surface area contributed by atoms with Gasteiger partial charge >= 0.3 is 0 Å². The lowest BCUT2D eigenvalue weighted by atomic mass is 10.2. The molecule has 0 saturated heterocycles. The summed E-state index contributed by atoms with van der Waals surface area (Å²) in [4.78, 5) is 7.18. The van der Waals surface area contributed by atoms with Crippen molar-refractivity contribution in [3.63, 3.8) is 0 Å². The van der Waals surface area contributed by atoms with E-state index in [-0.39, 0.29) is 0 Å². The fourth-order valence-corrected chi connectivity index (χ4v) is 4.35. The molecule has 0 radical (unpaired) electrons. The third-order valence-corrected chi connectivity index (χ3v) is 6.32. The molecule has 0 atom stereocenters. The minimum absolute atomic E-state index is 0.832. The topological polar surface area (TPSA) is 37.7 Å². The quantitative estimate of drug-likeness (QED) is 0.249. The highest BCUT2D eigenvalue weighted by atomic mass is 32.2. The maximum Gasteiger partial charge on any atom is 0.206 e. The van der Waals surface area contributed by atoms with Gasteiger partial charge < -0.3 is 4.74 Å². The first-order valence-corrected chi connectivity index (χ1v) is 11.1. The molecule has 3 aromatic carbocycles. The zero-order valence-corrected chi connectivity index (χ0v) is 18.4. The molecule has 0 bridgehead atoms. The highest BCUT2D eigenvalue weighted by Gasteiger charge is 2.08. The van der Waals surface area contributed by atoms with Gasteiger partial charge in [0.05, 0.1) is 19.0 Å². The van der Waals surface area contributed by atoms with Crippen LogP contribution in [0.25, 0.3) is 11.3 Å². The first kappa shape index (κ1) is 20.2. The Labute approximate surface area is 184 Å². The lowest BCUT2D eigenvalue weighted by molar-refractivity contribution is 0.415. The molecule has 6 heteroatoms. The molecule has 0 aliphatic heterocycles. The molecule has 4 nitrogen and oxygen atoms in total. The van der Waals surface area contributed by atoms with Crippen LogP contribution < -0.4 is 9.75 Å². The van der Waals surface area contributed by atoms with E-state index in [0.717, 1.165) is 27.7 Å². The van der Waals surface area contributed by atoms with Gasteiger partial charge in [-0.3, -0.25) is 0 Å². The summed E-state index contributed by atoms with van der Waals surface area (Å²) in [6.07, 6.45) is 1.82. The van der Waals surface area contributed by atoms with Gasteiger partial charge in [-0.2, -0.15) is 5.10 Å². The van der Waals surface area contributed by atoms with E-state index in [2.05, 4.69) is 59.0 Å². The van der Waals surface area contributed by atoms with Crippen LogP contribution in [0.2, 0.25) is 0 Å². The second kappa shape index (κ2) is 9.61. The first-order valence-electron chi connectivity index (χ1n) is 9.42. The van der Waals surface area contributed by atoms with Crippen LogP contribution in [0.4, 0.5) is 5.13 Å². The average Bonchev–Trinajstić information content (AvgIpc) is 3.29. The number of aromatic nitrogens is 1. The van der Waals surface area contributed by atoms with Gasteiger partial charge in [-0.1, -0.05) is 42.1 Å². The molecule has 0 aliphatic carbocycles. The number of thiazole rings is 1. The minimum atomic E-state index is 0.832. The Morgan fingerprint density at radius 2 is 1.63 bits per heavy atom. The van der Waals surface area contributed by atoms with Gasteiger partial charge in [0.1, 0.15) is 5.75 Å². The zero-order valence-electron chi connectivity index (χ0n) is 16.7. The van der Waals surface area contributed by atoms with Crippen LogP contribution in [0.15, 0.2) is 99.1 Å². The molecule has 0 fully saturated rings. The van der Waals surface area contributed by atoms with Crippen LogP contribution >= 0.6 is 23.1 Å². The third kappa shape index (κ3) is 5.09. The largest absolute Gasteiger partial charge is 0.497 e. The van der Waals surface area contributed by atoms with Gasteiger partial charge in [0.25, 0.3) is 0 Å². The van der Waals surface area contributed by atoms with Gasteiger partial charge in [-0.05, 0) is 54.1 Å². The number of hydrazone groups is 1. The van der Waals surface area contributed by atoms with Crippen LogP contribution in [0.3, 0.4) is 0 Å². The second-order valence-electron chi connectivity index (χ2n) is 6.50. The molecule has 150 valence electrons. The van der Waals surface area contributed by atoms with E-state index in [0.29, 0.717) is 0 Å². The SMILES string of the molecule is COc1ccc(/C=N\N(C)c2nc(-c3ccc(Sc4ccccc4)cc3)cs2)cc1. The maximum atomic E-state index is 5.18. The summed E-state index contributed by atoms with van der Waals surface area (Å²) < 4.78 is 5.18. The summed E-state index contributed by atoms with van der Waals surface area (Å²) in [7, 11) is 3.56. The number of anilines is 1. The lowest BCUT2D eigenvalue weighted by Crippen LogP contribution is -2.08. The Hall–Kier alpha value is -3.09. The zero-order chi connectivity index (χ0) is 20.8. The minimum Gasteiger partial charge on any atom is -0.497 e. The van der Waals surface area contributed by atoms with Crippen molar-refractivity contribution in [2.45, 2.75) is 9.79 Å². The highest BCUT2D eigenvalue weighted by molar-refractivity contribution is 7.99.